The van der Waals surface area contributed by atoms with Crippen LogP contribution in [0.1, 0.15) is 43.9 Å². The number of carbonyl (C=O) groups excluding carboxylic acids is 2. The van der Waals surface area contributed by atoms with Gasteiger partial charge in [-0.3, -0.25) is 9.59 Å². The van der Waals surface area contributed by atoms with Crippen molar-refractivity contribution >= 4 is 22.7 Å². The molecule has 5 heteroatoms. The Balaban J connectivity index is 1.43. The predicted molar refractivity (Wildman–Crippen MR) is 120 cm³/mol. The summed E-state index contributed by atoms with van der Waals surface area (Å²) in [5.41, 5.74) is 4.57. The molecule has 1 aliphatic rings. The topological polar surface area (TPSA) is 63.1 Å². The van der Waals surface area contributed by atoms with Crippen LogP contribution < -0.4 is 10.6 Å². The molecule has 0 unspecified atom stereocenters. The summed E-state index contributed by atoms with van der Waals surface area (Å²) in [4.78, 5) is 23.8. The van der Waals surface area contributed by atoms with E-state index in [4.69, 9.17) is 0 Å². The molecular weight excluding hydrogens is 374 g/mol. The second-order valence-corrected chi connectivity index (χ2v) is 8.46. The van der Waals surface area contributed by atoms with Crippen LogP contribution in [0.4, 0.5) is 0 Å². The van der Waals surface area contributed by atoms with Crippen molar-refractivity contribution in [3.05, 3.63) is 65.9 Å². The molecule has 2 aromatic carbocycles. The number of rotatable bonds is 7. The number of nitrogens with one attached hydrogen (secondary N) is 2. The van der Waals surface area contributed by atoms with Gasteiger partial charge in [0.25, 0.3) is 0 Å². The van der Waals surface area contributed by atoms with Crippen molar-refractivity contribution in [2.45, 2.75) is 51.5 Å². The van der Waals surface area contributed by atoms with Gasteiger partial charge in [0.1, 0.15) is 0 Å². The fourth-order valence-corrected chi connectivity index (χ4v) is 4.50. The highest BCUT2D eigenvalue weighted by Gasteiger charge is 2.32. The van der Waals surface area contributed by atoms with Gasteiger partial charge in [0.2, 0.25) is 11.8 Å². The van der Waals surface area contributed by atoms with E-state index in [0.29, 0.717) is 25.8 Å². The van der Waals surface area contributed by atoms with Crippen LogP contribution in [0.15, 0.2) is 54.6 Å². The molecule has 4 rings (SSSR count). The fraction of sp³-hybridized carbons (Fsp3) is 0.360. The zero-order chi connectivity index (χ0) is 21.1. The highest BCUT2D eigenvalue weighted by Crippen LogP contribution is 2.29. The Bertz CT molecular complexity index is 1070. The van der Waals surface area contributed by atoms with Gasteiger partial charge in [-0.05, 0) is 56.9 Å². The molecule has 1 aromatic heterocycles. The maximum Gasteiger partial charge on any atom is 0.220 e. The van der Waals surface area contributed by atoms with E-state index >= 15 is 0 Å². The molecule has 0 spiro atoms. The first-order chi connectivity index (χ1) is 14.5. The number of fused-ring (bicyclic) bond motifs is 1. The average Bonchev–Trinajstić information content (AvgIpc) is 3.24. The number of nitrogens with zero attached hydrogens (tertiary/aromatic N) is 1. The molecule has 2 N–H and O–H groups in total. The van der Waals surface area contributed by atoms with Gasteiger partial charge in [-0.1, -0.05) is 36.4 Å². The Kier molecular flexibility index (Phi) is 5.62. The van der Waals surface area contributed by atoms with Crippen LogP contribution in [-0.4, -0.2) is 28.5 Å². The summed E-state index contributed by atoms with van der Waals surface area (Å²) in [5.74, 6) is 0.130. The van der Waals surface area contributed by atoms with E-state index < -0.39 is 0 Å². The van der Waals surface area contributed by atoms with Gasteiger partial charge in [-0.15, -0.1) is 0 Å². The molecular formula is C25H29N3O2. The standard InChI is InChI=1S/C25H29N3O2/c1-18-20(14-17-26-23(29)12-15-25(2)16-13-24(30)27-25)21-10-6-7-11-22(21)28(18)19-8-4-3-5-9-19/h3-11H,12-17H2,1-2H3,(H,26,29)(H,27,30)/t25-/m1/s1. The summed E-state index contributed by atoms with van der Waals surface area (Å²) in [6.45, 7) is 4.77. The third kappa shape index (κ3) is 4.11. The summed E-state index contributed by atoms with van der Waals surface area (Å²) in [6, 6.07) is 18.8. The minimum atomic E-state index is -0.242. The summed E-state index contributed by atoms with van der Waals surface area (Å²) in [6.07, 6.45) is 3.25. The summed E-state index contributed by atoms with van der Waals surface area (Å²) < 4.78 is 2.29. The summed E-state index contributed by atoms with van der Waals surface area (Å²) >= 11 is 0. The lowest BCUT2D eigenvalue weighted by molar-refractivity contribution is -0.122. The minimum Gasteiger partial charge on any atom is -0.356 e. The first-order valence-corrected chi connectivity index (χ1v) is 10.7. The van der Waals surface area contributed by atoms with E-state index in [0.717, 1.165) is 18.5 Å². The van der Waals surface area contributed by atoms with E-state index in [1.165, 1.54) is 22.2 Å². The first kappa shape index (κ1) is 20.2. The number of aromatic nitrogens is 1. The van der Waals surface area contributed by atoms with Gasteiger partial charge in [0.15, 0.2) is 0 Å². The minimum absolute atomic E-state index is 0.0434. The van der Waals surface area contributed by atoms with Crippen LogP contribution in [-0.2, 0) is 16.0 Å². The molecule has 1 saturated heterocycles. The van der Waals surface area contributed by atoms with Gasteiger partial charge in [0.05, 0.1) is 5.52 Å². The Hall–Kier alpha value is -3.08. The average molecular weight is 404 g/mol. The summed E-state index contributed by atoms with van der Waals surface area (Å²) in [5, 5.41) is 7.29. The maximum absolute atomic E-state index is 12.4. The molecule has 0 radical (unpaired) electrons. The molecule has 3 aromatic rings. The Morgan fingerprint density at radius 3 is 2.60 bits per heavy atom. The third-order valence-corrected chi connectivity index (χ3v) is 6.20. The van der Waals surface area contributed by atoms with Crippen molar-refractivity contribution in [3.8, 4) is 5.69 Å². The van der Waals surface area contributed by atoms with Gasteiger partial charge in [-0.2, -0.15) is 0 Å². The Morgan fingerprint density at radius 1 is 1.13 bits per heavy atom. The van der Waals surface area contributed by atoms with E-state index in [1.54, 1.807) is 0 Å². The first-order valence-electron chi connectivity index (χ1n) is 10.7. The zero-order valence-corrected chi connectivity index (χ0v) is 17.7. The Morgan fingerprint density at radius 2 is 1.87 bits per heavy atom. The maximum atomic E-state index is 12.4. The van der Waals surface area contributed by atoms with Crippen molar-refractivity contribution < 1.29 is 9.59 Å². The van der Waals surface area contributed by atoms with Gasteiger partial charge >= 0.3 is 0 Å². The van der Waals surface area contributed by atoms with E-state index in [9.17, 15) is 9.59 Å². The lowest BCUT2D eigenvalue weighted by atomic mass is 9.94. The Labute approximate surface area is 177 Å². The van der Waals surface area contributed by atoms with Crippen LogP contribution >= 0.6 is 0 Å². The monoisotopic (exact) mass is 403 g/mol. The fourth-order valence-electron chi connectivity index (χ4n) is 4.50. The molecule has 30 heavy (non-hydrogen) atoms. The molecule has 156 valence electrons. The molecule has 0 aliphatic carbocycles. The van der Waals surface area contributed by atoms with Crippen molar-refractivity contribution in [2.24, 2.45) is 0 Å². The second-order valence-electron chi connectivity index (χ2n) is 8.46. The lowest BCUT2D eigenvalue weighted by Crippen LogP contribution is -2.39. The number of carbonyl (C=O) groups is 2. The molecule has 2 amide bonds. The van der Waals surface area contributed by atoms with E-state index in [1.807, 2.05) is 13.0 Å². The molecule has 1 aliphatic heterocycles. The number of amides is 2. The molecule has 5 nitrogen and oxygen atoms in total. The van der Waals surface area contributed by atoms with Gasteiger partial charge in [-0.25, -0.2) is 0 Å². The van der Waals surface area contributed by atoms with Crippen LogP contribution in [0.5, 0.6) is 0 Å². The number of hydrogen-bond acceptors (Lipinski definition) is 2. The number of benzene rings is 2. The number of para-hydroxylation sites is 2. The highest BCUT2D eigenvalue weighted by atomic mass is 16.2. The quantitative estimate of drug-likeness (QED) is 0.625. The third-order valence-electron chi connectivity index (χ3n) is 6.20. The number of hydrogen-bond donors (Lipinski definition) is 2. The van der Waals surface area contributed by atoms with E-state index in [-0.39, 0.29) is 17.4 Å². The summed E-state index contributed by atoms with van der Waals surface area (Å²) in [7, 11) is 0. The zero-order valence-electron chi connectivity index (χ0n) is 17.7. The van der Waals surface area contributed by atoms with Crippen molar-refractivity contribution in [3.63, 3.8) is 0 Å². The normalized spacial score (nSPS) is 18.5. The highest BCUT2D eigenvalue weighted by molar-refractivity contribution is 5.87. The molecule has 1 atom stereocenters. The predicted octanol–water partition coefficient (Wildman–Crippen LogP) is 4.05. The second kappa shape index (κ2) is 8.34. The molecule has 2 heterocycles. The van der Waals surface area contributed by atoms with Crippen LogP contribution in [0.2, 0.25) is 0 Å². The van der Waals surface area contributed by atoms with Gasteiger partial charge in [0, 0.05) is 41.7 Å². The van der Waals surface area contributed by atoms with Crippen molar-refractivity contribution in [1.82, 2.24) is 15.2 Å². The molecule has 0 saturated carbocycles. The van der Waals surface area contributed by atoms with Crippen molar-refractivity contribution in [1.29, 1.82) is 0 Å². The van der Waals surface area contributed by atoms with Crippen LogP contribution in [0.25, 0.3) is 16.6 Å². The van der Waals surface area contributed by atoms with E-state index in [2.05, 4.69) is 70.7 Å². The van der Waals surface area contributed by atoms with Crippen LogP contribution in [0, 0.1) is 6.92 Å². The largest absolute Gasteiger partial charge is 0.356 e. The van der Waals surface area contributed by atoms with Crippen molar-refractivity contribution in [2.75, 3.05) is 6.54 Å². The van der Waals surface area contributed by atoms with Gasteiger partial charge < -0.3 is 15.2 Å². The smallest absolute Gasteiger partial charge is 0.220 e. The lowest BCUT2D eigenvalue weighted by Gasteiger charge is -2.23. The van der Waals surface area contributed by atoms with Crippen LogP contribution in [0.3, 0.4) is 0 Å². The SMILES string of the molecule is Cc1c(CCNC(=O)CC[C@]2(C)CCC(=O)N2)c2ccccc2n1-c1ccccc1. The molecule has 0 bridgehead atoms. The molecule has 1 fully saturated rings.